The lowest BCUT2D eigenvalue weighted by atomic mass is 10.0. The SMILES string of the molecule is CC/C=C\C/C=C\C/C=C\C/C=C\C/C=C\C/C=C\CCCCCCC(=O)OC(/C=C/CCCCCCCCCCC)C(COP(=O)([O-])OCC[N+](C)(C)C)NC(=O)CCCCCCCCCCCCC/C=C/CCCCCCCC. The third kappa shape index (κ3) is 61.3. The number of esters is 1. The van der Waals surface area contributed by atoms with Gasteiger partial charge in [-0.3, -0.25) is 14.2 Å². The van der Waals surface area contributed by atoms with Gasteiger partial charge in [0.1, 0.15) is 19.3 Å². The number of carbonyl (C=O) groups is 2. The summed E-state index contributed by atoms with van der Waals surface area (Å²) in [5, 5.41) is 3.03. The number of likely N-dealkylation sites (N-methyl/N-ethyl adjacent to an activating group) is 1. The molecule has 0 bridgehead atoms. The summed E-state index contributed by atoms with van der Waals surface area (Å²) in [5.74, 6) is -0.570. The number of phosphoric acid groups is 1. The molecule has 0 saturated carbocycles. The minimum atomic E-state index is -4.71. The largest absolute Gasteiger partial charge is 0.756 e. The second kappa shape index (κ2) is 60.1. The molecule has 9 nitrogen and oxygen atoms in total. The molecule has 1 amide bonds. The van der Waals surface area contributed by atoms with Crippen molar-refractivity contribution in [2.45, 2.75) is 303 Å². The summed E-state index contributed by atoms with van der Waals surface area (Å²) in [5.41, 5.74) is 0. The Balaban J connectivity index is 5.17. The van der Waals surface area contributed by atoms with Crippen LogP contribution < -0.4 is 10.2 Å². The molecule has 1 N–H and O–H groups in total. The van der Waals surface area contributed by atoms with Crippen LogP contribution in [0, 0.1) is 0 Å². The Morgan fingerprint density at radius 3 is 1.20 bits per heavy atom. The Morgan fingerprint density at radius 1 is 0.444 bits per heavy atom. The molecule has 0 rings (SSSR count). The molecule has 0 aliphatic rings. The van der Waals surface area contributed by atoms with E-state index in [1.165, 1.54) is 148 Å². The van der Waals surface area contributed by atoms with Gasteiger partial charge in [-0.1, -0.05) is 266 Å². The standard InChI is InChI=1S/C71H127N2O7P/c1-7-10-13-16-19-22-25-27-29-31-33-35-36-38-40-42-44-46-49-52-55-58-61-64-71(75)80-69(62-59-56-53-50-47-24-21-18-15-12-9-3)68(67-79-81(76,77)78-66-65-73(4,5)6)72-70(74)63-60-57-54-51-48-45-43-41-39-37-34-32-30-28-26-23-20-17-14-11-8-2/h10,13,19,22,27-30,33,35,38,40,44,46,59,62,68-69H,7-9,11-12,14-18,20-21,23-26,31-32,34,36-37,39,41-43,45,47-58,60-61,63-67H2,1-6H3,(H-,72,74,76,77)/b13-10-,22-19-,29-27-,30-28+,35-33-,40-38-,46-44-,62-59+. The number of allylic oxidation sites excluding steroid dienone is 15. The number of unbranched alkanes of at least 4 members (excludes halogenated alkanes) is 30. The molecule has 0 aliphatic carbocycles. The minimum absolute atomic E-state index is 0.0305. The maximum absolute atomic E-state index is 13.6. The average molecular weight is 1150 g/mol. The van der Waals surface area contributed by atoms with E-state index in [1.54, 1.807) is 0 Å². The first kappa shape index (κ1) is 77.9. The van der Waals surface area contributed by atoms with Gasteiger partial charge in [-0.25, -0.2) is 0 Å². The fourth-order valence-corrected chi connectivity index (χ4v) is 10.1. The van der Waals surface area contributed by atoms with Crippen LogP contribution in [0.15, 0.2) is 97.2 Å². The van der Waals surface area contributed by atoms with Crippen molar-refractivity contribution in [2.75, 3.05) is 40.9 Å². The third-order valence-electron chi connectivity index (χ3n) is 14.5. The summed E-state index contributed by atoms with van der Waals surface area (Å²) in [6, 6.07) is -0.905. The van der Waals surface area contributed by atoms with E-state index in [0.717, 1.165) is 103 Å². The molecule has 3 atom stereocenters. The molecule has 0 fully saturated rings. The molecule has 81 heavy (non-hydrogen) atoms. The van der Waals surface area contributed by atoms with Gasteiger partial charge in [0.05, 0.1) is 33.8 Å². The molecule has 0 aromatic heterocycles. The maximum atomic E-state index is 13.6. The predicted octanol–water partition coefficient (Wildman–Crippen LogP) is 20.5. The zero-order chi connectivity index (χ0) is 59.3. The molecule has 0 heterocycles. The van der Waals surface area contributed by atoms with Crippen molar-refractivity contribution in [3.8, 4) is 0 Å². The second-order valence-electron chi connectivity index (χ2n) is 23.6. The molecule has 10 heteroatoms. The van der Waals surface area contributed by atoms with Crippen LogP contribution in [0.1, 0.15) is 290 Å². The zero-order valence-electron chi connectivity index (χ0n) is 53.5. The van der Waals surface area contributed by atoms with E-state index in [4.69, 9.17) is 13.8 Å². The predicted molar refractivity (Wildman–Crippen MR) is 348 cm³/mol. The number of ether oxygens (including phenoxy) is 1. The van der Waals surface area contributed by atoms with E-state index < -0.39 is 26.6 Å². The number of quaternary nitrogens is 1. The van der Waals surface area contributed by atoms with Crippen LogP contribution in [-0.2, 0) is 27.9 Å². The molecule has 0 aliphatic heterocycles. The summed E-state index contributed by atoms with van der Waals surface area (Å²) in [6.07, 6.45) is 80.9. The highest BCUT2D eigenvalue weighted by Gasteiger charge is 2.27. The third-order valence-corrected chi connectivity index (χ3v) is 15.5. The van der Waals surface area contributed by atoms with E-state index >= 15 is 0 Å². The van der Waals surface area contributed by atoms with E-state index in [9.17, 15) is 19.0 Å². The van der Waals surface area contributed by atoms with Crippen LogP contribution in [0.5, 0.6) is 0 Å². The van der Waals surface area contributed by atoms with Gasteiger partial charge in [-0.15, -0.1) is 0 Å². The van der Waals surface area contributed by atoms with Crippen molar-refractivity contribution < 1.29 is 37.3 Å². The first-order chi connectivity index (χ1) is 39.4. The van der Waals surface area contributed by atoms with E-state index in [0.29, 0.717) is 23.9 Å². The first-order valence-electron chi connectivity index (χ1n) is 33.5. The number of nitrogens with zero attached hydrogens (tertiary/aromatic N) is 1. The Bertz CT molecular complexity index is 1710. The Labute approximate surface area is 500 Å². The monoisotopic (exact) mass is 1150 g/mol. The van der Waals surface area contributed by atoms with Crippen LogP contribution in [0.2, 0.25) is 0 Å². The fraction of sp³-hybridized carbons (Fsp3) is 0.746. The zero-order valence-corrected chi connectivity index (χ0v) is 54.4. The molecule has 3 unspecified atom stereocenters. The lowest BCUT2D eigenvalue weighted by Crippen LogP contribution is -2.47. The lowest BCUT2D eigenvalue weighted by molar-refractivity contribution is -0.870. The van der Waals surface area contributed by atoms with Crippen LogP contribution in [0.4, 0.5) is 0 Å². The van der Waals surface area contributed by atoms with Gasteiger partial charge < -0.3 is 28.5 Å². The molecule has 0 saturated heterocycles. The van der Waals surface area contributed by atoms with Crippen molar-refractivity contribution >= 4 is 19.7 Å². The van der Waals surface area contributed by atoms with E-state index in [-0.39, 0.29) is 24.9 Å². The Hall–Kier alpha value is -3.07. The number of amides is 1. The quantitative estimate of drug-likeness (QED) is 0.0212. The number of hydrogen-bond acceptors (Lipinski definition) is 7. The average Bonchev–Trinajstić information content (AvgIpc) is 3.44. The van der Waals surface area contributed by atoms with Gasteiger partial charge in [0.25, 0.3) is 7.82 Å². The van der Waals surface area contributed by atoms with Gasteiger partial charge in [-0.05, 0) is 109 Å². The molecule has 0 radical (unpaired) electrons. The fourth-order valence-electron chi connectivity index (χ4n) is 9.34. The van der Waals surface area contributed by atoms with Crippen LogP contribution in [-0.4, -0.2) is 69.4 Å². The molecule has 0 spiro atoms. The summed E-state index contributed by atoms with van der Waals surface area (Å²) < 4.78 is 30.4. The first-order valence-corrected chi connectivity index (χ1v) is 35.0. The molecule has 468 valence electrons. The van der Waals surface area contributed by atoms with Gasteiger partial charge >= 0.3 is 5.97 Å². The molecular formula is C71H127N2O7P. The number of phosphoric ester groups is 1. The number of rotatable bonds is 60. The summed E-state index contributed by atoms with van der Waals surface area (Å²) in [7, 11) is 1.16. The van der Waals surface area contributed by atoms with Crippen molar-refractivity contribution in [2.24, 2.45) is 0 Å². The van der Waals surface area contributed by atoms with Gasteiger partial charge in [0, 0.05) is 12.8 Å². The number of nitrogens with one attached hydrogen (secondary N) is 1. The van der Waals surface area contributed by atoms with Crippen molar-refractivity contribution in [3.63, 3.8) is 0 Å². The highest BCUT2D eigenvalue weighted by Crippen LogP contribution is 2.38. The smallest absolute Gasteiger partial charge is 0.306 e. The topological polar surface area (TPSA) is 114 Å². The van der Waals surface area contributed by atoms with Crippen molar-refractivity contribution in [1.82, 2.24) is 5.32 Å². The molecular weight excluding hydrogens is 1020 g/mol. The molecule has 0 aromatic carbocycles. The Kier molecular flexibility index (Phi) is 57.8. The summed E-state index contributed by atoms with van der Waals surface area (Å²) in [6.45, 7) is 6.71. The van der Waals surface area contributed by atoms with Crippen molar-refractivity contribution in [3.05, 3.63) is 97.2 Å². The van der Waals surface area contributed by atoms with Gasteiger partial charge in [0.15, 0.2) is 0 Å². The second-order valence-corrected chi connectivity index (χ2v) is 25.0. The number of hydrogen-bond donors (Lipinski definition) is 1. The van der Waals surface area contributed by atoms with Crippen LogP contribution >= 0.6 is 7.82 Å². The van der Waals surface area contributed by atoms with Gasteiger partial charge in [-0.2, -0.15) is 0 Å². The van der Waals surface area contributed by atoms with Gasteiger partial charge in [0.2, 0.25) is 5.91 Å². The highest BCUT2D eigenvalue weighted by atomic mass is 31.2. The minimum Gasteiger partial charge on any atom is -0.756 e. The maximum Gasteiger partial charge on any atom is 0.306 e. The molecule has 0 aromatic rings. The number of carbonyl (C=O) groups excluding carboxylic acids is 2. The summed E-state index contributed by atoms with van der Waals surface area (Å²) >= 11 is 0. The summed E-state index contributed by atoms with van der Waals surface area (Å²) in [4.78, 5) is 40.1. The normalized spacial score (nSPS) is 14.2. The van der Waals surface area contributed by atoms with Crippen LogP contribution in [0.3, 0.4) is 0 Å². The lowest BCUT2D eigenvalue weighted by Gasteiger charge is -2.30. The van der Waals surface area contributed by atoms with Crippen molar-refractivity contribution in [1.29, 1.82) is 0 Å². The van der Waals surface area contributed by atoms with Crippen LogP contribution in [0.25, 0.3) is 0 Å². The Morgan fingerprint density at radius 2 is 0.790 bits per heavy atom. The van der Waals surface area contributed by atoms with E-state index in [2.05, 4.69) is 111 Å². The van der Waals surface area contributed by atoms with E-state index in [1.807, 2.05) is 33.3 Å². The highest BCUT2D eigenvalue weighted by molar-refractivity contribution is 7.45.